The number of hydrogen-bond donors (Lipinski definition) is 0. The van der Waals surface area contributed by atoms with Crippen molar-refractivity contribution < 1.29 is 14.4 Å². The molecule has 0 spiro atoms. The van der Waals surface area contributed by atoms with Crippen molar-refractivity contribution >= 4 is 17.7 Å². The minimum atomic E-state index is -1.19. The van der Waals surface area contributed by atoms with Gasteiger partial charge in [-0.15, -0.1) is 0 Å². The minimum Gasteiger partial charge on any atom is -0.335 e. The maximum absolute atomic E-state index is 13.9. The molecule has 1 saturated carbocycles. The van der Waals surface area contributed by atoms with E-state index in [0.29, 0.717) is 12.1 Å². The molecule has 2 aromatic carbocycles. The second kappa shape index (κ2) is 9.04. The molecule has 3 aromatic rings. The van der Waals surface area contributed by atoms with E-state index in [0.717, 1.165) is 40.9 Å². The molecule has 1 saturated heterocycles. The van der Waals surface area contributed by atoms with Gasteiger partial charge in [-0.3, -0.25) is 24.0 Å². The van der Waals surface area contributed by atoms with Crippen LogP contribution in [-0.2, 0) is 33.4 Å². The van der Waals surface area contributed by atoms with E-state index < -0.39 is 5.41 Å². The van der Waals surface area contributed by atoms with Crippen LogP contribution in [0.15, 0.2) is 54.6 Å². The Labute approximate surface area is 211 Å². The van der Waals surface area contributed by atoms with E-state index >= 15 is 0 Å². The van der Waals surface area contributed by atoms with Crippen LogP contribution in [0.1, 0.15) is 48.2 Å². The van der Waals surface area contributed by atoms with Crippen molar-refractivity contribution in [3.63, 3.8) is 0 Å². The van der Waals surface area contributed by atoms with E-state index in [-0.39, 0.29) is 36.6 Å². The summed E-state index contributed by atoms with van der Waals surface area (Å²) in [5.41, 5.74) is 4.60. The summed E-state index contributed by atoms with van der Waals surface area (Å²) in [6.45, 7) is 4.44. The Balaban J connectivity index is 1.47. The third-order valence-electron chi connectivity index (χ3n) is 7.83. The van der Waals surface area contributed by atoms with Gasteiger partial charge in [0.2, 0.25) is 17.7 Å². The lowest BCUT2D eigenvalue weighted by Crippen LogP contribution is -2.43. The molecular formula is C29H32N4O3. The minimum absolute atomic E-state index is 0.00219. The fourth-order valence-corrected chi connectivity index (χ4v) is 5.35. The molecule has 7 heteroatoms. The third-order valence-corrected chi connectivity index (χ3v) is 7.83. The first-order valence-electron chi connectivity index (χ1n) is 12.5. The molecule has 1 atom stereocenters. The number of carbonyl (C=O) groups excluding carboxylic acids is 3. The molecule has 0 radical (unpaired) electrons. The first kappa shape index (κ1) is 24.0. The molecule has 0 N–H and O–H groups in total. The van der Waals surface area contributed by atoms with E-state index in [1.807, 2.05) is 85.1 Å². The largest absolute Gasteiger partial charge is 0.335 e. The maximum Gasteiger partial charge on any atom is 0.240 e. The number of benzene rings is 2. The number of imide groups is 1. The van der Waals surface area contributed by atoms with Crippen molar-refractivity contribution in [1.82, 2.24) is 19.6 Å². The lowest BCUT2D eigenvalue weighted by molar-refractivity contribution is -0.142. The van der Waals surface area contributed by atoms with Crippen LogP contribution in [0.3, 0.4) is 0 Å². The summed E-state index contributed by atoms with van der Waals surface area (Å²) in [6, 6.07) is 17.9. The highest BCUT2D eigenvalue weighted by Gasteiger charge is 2.53. The van der Waals surface area contributed by atoms with Crippen LogP contribution < -0.4 is 0 Å². The Kier molecular flexibility index (Phi) is 6.02. The molecule has 1 aromatic heterocycles. The van der Waals surface area contributed by atoms with E-state index in [9.17, 15) is 14.4 Å². The van der Waals surface area contributed by atoms with Crippen molar-refractivity contribution in [3.8, 4) is 11.1 Å². The van der Waals surface area contributed by atoms with E-state index in [2.05, 4.69) is 5.10 Å². The van der Waals surface area contributed by atoms with Gasteiger partial charge in [-0.05, 0) is 43.4 Å². The SMILES string of the molecule is Cc1nn(C)c(C)c1CN(C(=O)C[C@]1(c2ccc(-c3ccccc3)cc2)CC(=O)N(C)C1=O)C1CC1. The lowest BCUT2D eigenvalue weighted by atomic mass is 9.75. The zero-order chi connectivity index (χ0) is 25.6. The van der Waals surface area contributed by atoms with E-state index in [1.165, 1.54) is 11.9 Å². The second-order valence-electron chi connectivity index (χ2n) is 10.2. The molecule has 3 amide bonds. The Morgan fingerprint density at radius 2 is 1.64 bits per heavy atom. The Bertz CT molecular complexity index is 1320. The fourth-order valence-electron chi connectivity index (χ4n) is 5.35. The molecule has 2 heterocycles. The van der Waals surface area contributed by atoms with Crippen LogP contribution in [0.25, 0.3) is 11.1 Å². The molecule has 0 unspecified atom stereocenters. The van der Waals surface area contributed by atoms with Crippen molar-refractivity contribution in [3.05, 3.63) is 77.1 Å². The molecule has 186 valence electrons. The summed E-state index contributed by atoms with van der Waals surface area (Å²) < 4.78 is 1.84. The van der Waals surface area contributed by atoms with Crippen LogP contribution >= 0.6 is 0 Å². The number of nitrogens with zero attached hydrogens (tertiary/aromatic N) is 4. The van der Waals surface area contributed by atoms with Crippen LogP contribution in [0, 0.1) is 13.8 Å². The number of likely N-dealkylation sites (N-methyl/N-ethyl adjacent to an activating group) is 1. The Hall–Kier alpha value is -3.74. The van der Waals surface area contributed by atoms with E-state index in [1.54, 1.807) is 0 Å². The van der Waals surface area contributed by atoms with Gasteiger partial charge >= 0.3 is 0 Å². The number of likely N-dealkylation sites (tertiary alicyclic amines) is 1. The maximum atomic E-state index is 13.9. The highest BCUT2D eigenvalue weighted by atomic mass is 16.2. The van der Waals surface area contributed by atoms with Gasteiger partial charge in [0.25, 0.3) is 0 Å². The number of aryl methyl sites for hydroxylation is 2. The summed E-state index contributed by atoms with van der Waals surface area (Å²) in [5, 5.41) is 4.51. The summed E-state index contributed by atoms with van der Waals surface area (Å²) in [4.78, 5) is 43.2. The van der Waals surface area contributed by atoms with E-state index in [4.69, 9.17) is 0 Å². The summed E-state index contributed by atoms with van der Waals surface area (Å²) in [6.07, 6.45) is 1.88. The van der Waals surface area contributed by atoms with Gasteiger partial charge in [0.1, 0.15) is 0 Å². The molecule has 36 heavy (non-hydrogen) atoms. The van der Waals surface area contributed by atoms with Gasteiger partial charge in [0, 0.05) is 50.8 Å². The summed E-state index contributed by atoms with van der Waals surface area (Å²) >= 11 is 0. The zero-order valence-electron chi connectivity index (χ0n) is 21.3. The van der Waals surface area contributed by atoms with Gasteiger partial charge in [-0.1, -0.05) is 54.6 Å². The first-order valence-corrected chi connectivity index (χ1v) is 12.5. The van der Waals surface area contributed by atoms with Gasteiger partial charge in [0.05, 0.1) is 11.1 Å². The average Bonchev–Trinajstić information content (AvgIpc) is 3.65. The lowest BCUT2D eigenvalue weighted by Gasteiger charge is -2.30. The third kappa shape index (κ3) is 4.12. The number of hydrogen-bond acceptors (Lipinski definition) is 4. The van der Waals surface area contributed by atoms with Crippen molar-refractivity contribution in [2.75, 3.05) is 7.05 Å². The molecular weight excluding hydrogens is 452 g/mol. The quantitative estimate of drug-likeness (QED) is 0.477. The average molecular weight is 485 g/mol. The summed E-state index contributed by atoms with van der Waals surface area (Å²) in [5.74, 6) is -0.654. The molecule has 1 aliphatic heterocycles. The van der Waals surface area contributed by atoms with Gasteiger partial charge < -0.3 is 4.90 Å². The number of amides is 3. The molecule has 2 aliphatic rings. The Morgan fingerprint density at radius 3 is 2.17 bits per heavy atom. The predicted octanol–water partition coefficient (Wildman–Crippen LogP) is 3.91. The molecule has 7 nitrogen and oxygen atoms in total. The monoisotopic (exact) mass is 484 g/mol. The molecule has 0 bridgehead atoms. The highest BCUT2D eigenvalue weighted by molar-refractivity contribution is 6.10. The van der Waals surface area contributed by atoms with Crippen LogP contribution in [0.5, 0.6) is 0 Å². The Morgan fingerprint density at radius 1 is 1.00 bits per heavy atom. The summed E-state index contributed by atoms with van der Waals surface area (Å²) in [7, 11) is 3.41. The van der Waals surface area contributed by atoms with Crippen molar-refractivity contribution in [1.29, 1.82) is 0 Å². The van der Waals surface area contributed by atoms with Crippen LogP contribution in [0.4, 0.5) is 0 Å². The number of rotatable bonds is 7. The normalized spacial score (nSPS) is 19.7. The number of carbonyl (C=O) groups is 3. The topological polar surface area (TPSA) is 75.5 Å². The second-order valence-corrected chi connectivity index (χ2v) is 10.2. The molecule has 5 rings (SSSR count). The van der Waals surface area contributed by atoms with Gasteiger partial charge in [-0.2, -0.15) is 5.10 Å². The van der Waals surface area contributed by atoms with Crippen molar-refractivity contribution in [2.24, 2.45) is 7.05 Å². The number of aromatic nitrogens is 2. The van der Waals surface area contributed by atoms with Crippen LogP contribution in [-0.4, -0.2) is 50.4 Å². The standard InChI is InChI=1S/C29H32N4O3/c1-19-25(20(2)32(4)30-19)18-33(24-14-15-24)27(35)17-29(16-26(34)31(3)28(29)36)23-12-10-22(11-13-23)21-8-6-5-7-9-21/h5-13,24H,14-18H2,1-4H3/t29-/m0/s1. The molecule has 1 aliphatic carbocycles. The zero-order valence-corrected chi connectivity index (χ0v) is 21.3. The first-order chi connectivity index (χ1) is 17.2. The van der Waals surface area contributed by atoms with Gasteiger partial charge in [-0.25, -0.2) is 0 Å². The fraction of sp³-hybridized carbons (Fsp3) is 0.379. The van der Waals surface area contributed by atoms with Crippen molar-refractivity contribution in [2.45, 2.75) is 57.5 Å². The highest BCUT2D eigenvalue weighted by Crippen LogP contribution is 2.42. The van der Waals surface area contributed by atoms with Crippen LogP contribution in [0.2, 0.25) is 0 Å². The smallest absolute Gasteiger partial charge is 0.240 e. The van der Waals surface area contributed by atoms with Gasteiger partial charge in [0.15, 0.2) is 0 Å². The molecule has 2 fully saturated rings. The predicted molar refractivity (Wildman–Crippen MR) is 137 cm³/mol.